The Bertz CT molecular complexity index is 764. The number of fused-ring (bicyclic) bond motifs is 3. The maximum absolute atomic E-state index is 13.8. The molecule has 2 aliphatic heterocycles. The molecule has 2 aliphatic rings. The van der Waals surface area contributed by atoms with E-state index < -0.39 is 17.5 Å². The van der Waals surface area contributed by atoms with Gasteiger partial charge >= 0.3 is 0 Å². The SMILES string of the molecule is O=C(c1ccc(F)cc1F)N1CC[C@H]2OCc3cnnn3[C@H]2C1. The highest BCUT2D eigenvalue weighted by Gasteiger charge is 2.38. The predicted octanol–water partition coefficient (Wildman–Crippen LogP) is 1.54. The van der Waals surface area contributed by atoms with Crippen LogP contribution in [0.2, 0.25) is 0 Å². The van der Waals surface area contributed by atoms with E-state index in [1.807, 2.05) is 0 Å². The fourth-order valence-electron chi connectivity index (χ4n) is 3.20. The molecule has 1 aromatic carbocycles. The molecule has 1 saturated heterocycles. The van der Waals surface area contributed by atoms with E-state index >= 15 is 0 Å². The van der Waals surface area contributed by atoms with Crippen molar-refractivity contribution < 1.29 is 18.3 Å². The topological polar surface area (TPSA) is 60.3 Å². The van der Waals surface area contributed by atoms with Gasteiger partial charge in [0.2, 0.25) is 0 Å². The molecule has 2 aromatic rings. The van der Waals surface area contributed by atoms with Gasteiger partial charge in [-0.1, -0.05) is 5.21 Å². The van der Waals surface area contributed by atoms with Crippen LogP contribution in [0.3, 0.4) is 0 Å². The molecule has 23 heavy (non-hydrogen) atoms. The average Bonchev–Trinajstić information content (AvgIpc) is 3.03. The smallest absolute Gasteiger partial charge is 0.256 e. The number of carbonyl (C=O) groups excluding carboxylic acids is 1. The Morgan fingerprint density at radius 3 is 3.04 bits per heavy atom. The highest BCUT2D eigenvalue weighted by atomic mass is 19.1. The number of aromatic nitrogens is 3. The zero-order chi connectivity index (χ0) is 16.0. The Balaban J connectivity index is 1.59. The molecular formula is C15H14F2N4O2. The van der Waals surface area contributed by atoms with Crippen molar-refractivity contribution in [3.05, 3.63) is 47.3 Å². The first-order chi connectivity index (χ1) is 11.1. The van der Waals surface area contributed by atoms with Crippen LogP contribution < -0.4 is 0 Å². The molecule has 0 spiro atoms. The van der Waals surface area contributed by atoms with E-state index in [0.29, 0.717) is 26.1 Å². The lowest BCUT2D eigenvalue weighted by Gasteiger charge is -2.41. The first-order valence-electron chi connectivity index (χ1n) is 7.38. The van der Waals surface area contributed by atoms with Crippen LogP contribution in [0.4, 0.5) is 8.78 Å². The number of piperidine rings is 1. The van der Waals surface area contributed by atoms with Crippen molar-refractivity contribution >= 4 is 5.91 Å². The fraction of sp³-hybridized carbons (Fsp3) is 0.400. The van der Waals surface area contributed by atoms with E-state index in [2.05, 4.69) is 10.3 Å². The Morgan fingerprint density at radius 1 is 1.35 bits per heavy atom. The van der Waals surface area contributed by atoms with Gasteiger partial charge in [0, 0.05) is 19.2 Å². The zero-order valence-electron chi connectivity index (χ0n) is 12.2. The molecule has 3 heterocycles. The number of halogens is 2. The number of hydrogen-bond donors (Lipinski definition) is 0. The van der Waals surface area contributed by atoms with Crippen LogP contribution in [0.1, 0.15) is 28.5 Å². The molecule has 4 rings (SSSR count). The van der Waals surface area contributed by atoms with Gasteiger partial charge in [0.1, 0.15) is 11.6 Å². The normalized spacial score (nSPS) is 23.3. The van der Waals surface area contributed by atoms with Crippen molar-refractivity contribution in [1.82, 2.24) is 19.9 Å². The summed E-state index contributed by atoms with van der Waals surface area (Å²) >= 11 is 0. The quantitative estimate of drug-likeness (QED) is 0.800. The third kappa shape index (κ3) is 2.39. The van der Waals surface area contributed by atoms with Crippen LogP contribution in [-0.4, -0.2) is 45.0 Å². The van der Waals surface area contributed by atoms with Gasteiger partial charge in [-0.2, -0.15) is 0 Å². The predicted molar refractivity (Wildman–Crippen MR) is 74.5 cm³/mol. The molecular weight excluding hydrogens is 306 g/mol. The minimum Gasteiger partial charge on any atom is -0.370 e. The standard InChI is InChI=1S/C15H14F2N4O2/c16-9-1-2-11(12(17)5-9)15(22)20-4-3-14-13(7-20)21-10(8-23-14)6-18-19-21/h1-2,5-6,13-14H,3-4,7-8H2/t13-,14+/m0/s1. The van der Waals surface area contributed by atoms with Crippen molar-refractivity contribution in [3.8, 4) is 0 Å². The van der Waals surface area contributed by atoms with Gasteiger partial charge in [-0.05, 0) is 18.6 Å². The summed E-state index contributed by atoms with van der Waals surface area (Å²) in [6.45, 7) is 1.27. The van der Waals surface area contributed by atoms with Crippen molar-refractivity contribution in [3.63, 3.8) is 0 Å². The van der Waals surface area contributed by atoms with Crippen LogP contribution >= 0.6 is 0 Å². The Morgan fingerprint density at radius 2 is 2.22 bits per heavy atom. The molecule has 0 aliphatic carbocycles. The molecule has 0 radical (unpaired) electrons. The first-order valence-corrected chi connectivity index (χ1v) is 7.38. The van der Waals surface area contributed by atoms with Crippen LogP contribution in [0.25, 0.3) is 0 Å². The summed E-state index contributed by atoms with van der Waals surface area (Å²) in [5, 5.41) is 7.94. The maximum atomic E-state index is 13.8. The molecule has 120 valence electrons. The summed E-state index contributed by atoms with van der Waals surface area (Å²) in [6, 6.07) is 2.85. The lowest BCUT2D eigenvalue weighted by Crippen LogP contribution is -2.50. The number of nitrogens with zero attached hydrogens (tertiary/aromatic N) is 4. The molecule has 0 bridgehead atoms. The zero-order valence-corrected chi connectivity index (χ0v) is 12.2. The van der Waals surface area contributed by atoms with E-state index in [0.717, 1.165) is 17.8 Å². The molecule has 0 saturated carbocycles. The van der Waals surface area contributed by atoms with Gasteiger partial charge in [0.15, 0.2) is 0 Å². The van der Waals surface area contributed by atoms with Crippen LogP contribution in [0, 0.1) is 11.6 Å². The molecule has 1 aromatic heterocycles. The third-order valence-electron chi connectivity index (χ3n) is 4.38. The number of carbonyl (C=O) groups is 1. The van der Waals surface area contributed by atoms with E-state index in [1.54, 1.807) is 15.8 Å². The molecule has 8 heteroatoms. The summed E-state index contributed by atoms with van der Waals surface area (Å²) < 4.78 is 34.4. The molecule has 6 nitrogen and oxygen atoms in total. The number of hydrogen-bond acceptors (Lipinski definition) is 4. The van der Waals surface area contributed by atoms with Gasteiger partial charge in [-0.15, -0.1) is 5.10 Å². The summed E-state index contributed by atoms with van der Waals surface area (Å²) in [4.78, 5) is 14.1. The number of amides is 1. The fourth-order valence-corrected chi connectivity index (χ4v) is 3.20. The van der Waals surface area contributed by atoms with Crippen molar-refractivity contribution in [2.45, 2.75) is 25.2 Å². The lowest BCUT2D eigenvalue weighted by atomic mass is 9.99. The number of benzene rings is 1. The van der Waals surface area contributed by atoms with Crippen LogP contribution in [0.15, 0.2) is 24.4 Å². The maximum Gasteiger partial charge on any atom is 0.256 e. The summed E-state index contributed by atoms with van der Waals surface area (Å²) in [6.07, 6.45) is 2.24. The molecule has 1 amide bonds. The molecule has 2 atom stereocenters. The van der Waals surface area contributed by atoms with Crippen molar-refractivity contribution in [1.29, 1.82) is 0 Å². The average molecular weight is 320 g/mol. The van der Waals surface area contributed by atoms with Gasteiger partial charge in [0.25, 0.3) is 5.91 Å². The van der Waals surface area contributed by atoms with Gasteiger partial charge in [0.05, 0.1) is 36.2 Å². The monoisotopic (exact) mass is 320 g/mol. The minimum atomic E-state index is -0.849. The van der Waals surface area contributed by atoms with Gasteiger partial charge < -0.3 is 9.64 Å². The van der Waals surface area contributed by atoms with Gasteiger partial charge in [-0.3, -0.25) is 4.79 Å². The lowest BCUT2D eigenvalue weighted by molar-refractivity contribution is -0.0605. The molecule has 0 N–H and O–H groups in total. The third-order valence-corrected chi connectivity index (χ3v) is 4.38. The van der Waals surface area contributed by atoms with E-state index in [-0.39, 0.29) is 17.7 Å². The minimum absolute atomic E-state index is 0.0358. The van der Waals surface area contributed by atoms with E-state index in [9.17, 15) is 13.6 Å². The number of rotatable bonds is 1. The van der Waals surface area contributed by atoms with E-state index in [4.69, 9.17) is 4.74 Å². The highest BCUT2D eigenvalue weighted by Crippen LogP contribution is 2.30. The first kappa shape index (κ1) is 14.3. The van der Waals surface area contributed by atoms with Gasteiger partial charge in [-0.25, -0.2) is 13.5 Å². The van der Waals surface area contributed by atoms with Crippen LogP contribution in [-0.2, 0) is 11.3 Å². The highest BCUT2D eigenvalue weighted by molar-refractivity contribution is 5.94. The Kier molecular flexibility index (Phi) is 3.33. The Labute approximate surface area is 130 Å². The van der Waals surface area contributed by atoms with Crippen molar-refractivity contribution in [2.24, 2.45) is 0 Å². The molecule has 1 fully saturated rings. The summed E-state index contributed by atoms with van der Waals surface area (Å²) in [5.41, 5.74) is 0.730. The van der Waals surface area contributed by atoms with Crippen LogP contribution in [0.5, 0.6) is 0 Å². The Hall–Kier alpha value is -2.35. The second kappa shape index (κ2) is 5.38. The summed E-state index contributed by atoms with van der Waals surface area (Å²) in [7, 11) is 0. The number of likely N-dealkylation sites (tertiary alicyclic amines) is 1. The van der Waals surface area contributed by atoms with E-state index in [1.165, 1.54) is 6.07 Å². The second-order valence-corrected chi connectivity index (χ2v) is 5.75. The summed E-state index contributed by atoms with van der Waals surface area (Å²) in [5.74, 6) is -2.00. The largest absolute Gasteiger partial charge is 0.370 e. The second-order valence-electron chi connectivity index (χ2n) is 5.75. The number of ether oxygens (including phenoxy) is 1. The molecule has 0 unspecified atom stereocenters. The van der Waals surface area contributed by atoms with Crippen molar-refractivity contribution in [2.75, 3.05) is 13.1 Å².